The number of urea groups is 1. The van der Waals surface area contributed by atoms with E-state index in [1.165, 1.54) is 11.0 Å². The number of rotatable bonds is 9. The molecular weight excluding hydrogens is 799 g/mol. The molecule has 0 bridgehead atoms. The number of fused-ring (bicyclic) bond motifs is 1. The van der Waals surface area contributed by atoms with Crippen LogP contribution < -0.4 is 11.1 Å². The summed E-state index contributed by atoms with van der Waals surface area (Å²) in [6.07, 6.45) is -4.49. The molecule has 4 aliphatic heterocycles. The molecule has 0 aliphatic carbocycles. The number of carboxylic acids is 2. The van der Waals surface area contributed by atoms with E-state index in [2.05, 4.69) is 22.2 Å². The number of amides is 4. The van der Waals surface area contributed by atoms with Crippen molar-refractivity contribution in [3.8, 4) is 0 Å². The summed E-state index contributed by atoms with van der Waals surface area (Å²) in [6, 6.07) is 9.91. The molecule has 0 saturated carbocycles. The molecule has 2 aromatic rings. The Morgan fingerprint density at radius 1 is 0.881 bits per heavy atom. The number of aliphatic carboxylic acids is 2. The predicted octanol–water partition coefficient (Wildman–Crippen LogP) is 5.35. The third-order valence-electron chi connectivity index (χ3n) is 11.1. The van der Waals surface area contributed by atoms with Crippen LogP contribution in [-0.4, -0.2) is 149 Å². The number of nitrogen functional groups attached to an aromatic ring is 1. The van der Waals surface area contributed by atoms with Gasteiger partial charge in [-0.05, 0) is 68.5 Å². The molecule has 3 saturated heterocycles. The number of para-hydroxylation sites is 1. The molecule has 6 rings (SSSR count). The van der Waals surface area contributed by atoms with Gasteiger partial charge in [0.15, 0.2) is 6.10 Å². The van der Waals surface area contributed by atoms with E-state index in [0.717, 1.165) is 56.3 Å². The van der Waals surface area contributed by atoms with Crippen LogP contribution in [-0.2, 0) is 38.1 Å². The van der Waals surface area contributed by atoms with E-state index in [1.807, 2.05) is 29.2 Å². The number of nitrogens with zero attached hydrogens (tertiary/aromatic N) is 5. The maximum absolute atomic E-state index is 14.0. The van der Waals surface area contributed by atoms with Crippen LogP contribution in [0.25, 0.3) is 0 Å². The third kappa shape index (κ3) is 12.8. The first-order valence-electron chi connectivity index (χ1n) is 19.4. The molecule has 2 aromatic carbocycles. The lowest BCUT2D eigenvalue weighted by molar-refractivity contribution is -0.143. The number of nitrogens with two attached hydrogens (primary N) is 1. The van der Waals surface area contributed by atoms with Crippen molar-refractivity contribution in [3.63, 3.8) is 0 Å². The molecule has 0 unspecified atom stereocenters. The first kappa shape index (κ1) is 46.9. The van der Waals surface area contributed by atoms with Crippen LogP contribution in [0.1, 0.15) is 62.6 Å². The second kappa shape index (κ2) is 20.9. The minimum absolute atomic E-state index is 0. The Labute approximate surface area is 347 Å². The molecule has 0 aromatic heterocycles. The van der Waals surface area contributed by atoms with E-state index in [1.54, 1.807) is 4.90 Å². The van der Waals surface area contributed by atoms with E-state index in [-0.39, 0.29) is 49.3 Å². The zero-order valence-electron chi connectivity index (χ0n) is 32.4. The van der Waals surface area contributed by atoms with Crippen LogP contribution in [0.15, 0.2) is 36.4 Å². The van der Waals surface area contributed by atoms with E-state index < -0.39 is 47.5 Å². The molecule has 1 atom stereocenters. The highest BCUT2D eigenvalue weighted by molar-refractivity contribution is 6.33. The first-order valence-corrected chi connectivity index (χ1v) is 19.8. The van der Waals surface area contributed by atoms with E-state index in [9.17, 15) is 37.1 Å². The lowest BCUT2D eigenvalue weighted by atomic mass is 9.99. The average molecular weight is 854 g/mol. The minimum Gasteiger partial charge on any atom is -0.481 e. The van der Waals surface area contributed by atoms with Gasteiger partial charge in [0.1, 0.15) is 0 Å². The Hall–Kier alpha value is -4.81. The Kier molecular flexibility index (Phi) is 16.6. The van der Waals surface area contributed by atoms with Crippen molar-refractivity contribution in [3.05, 3.63) is 58.1 Å². The smallest absolute Gasteiger partial charge is 0.418 e. The van der Waals surface area contributed by atoms with Crippen LogP contribution in [0.5, 0.6) is 0 Å². The summed E-state index contributed by atoms with van der Waals surface area (Å²) in [5.74, 6) is -2.60. The summed E-state index contributed by atoms with van der Waals surface area (Å²) in [5, 5.41) is 18.5. The molecule has 5 N–H and O–H groups in total. The van der Waals surface area contributed by atoms with E-state index in [0.29, 0.717) is 58.0 Å². The van der Waals surface area contributed by atoms with Gasteiger partial charge in [-0.25, -0.2) is 9.59 Å². The zero-order valence-corrected chi connectivity index (χ0v) is 33.1. The molecule has 326 valence electrons. The number of carboxylic acid groups (broad SMARTS) is 2. The summed E-state index contributed by atoms with van der Waals surface area (Å²) in [7, 11) is 2.10. The van der Waals surface area contributed by atoms with Gasteiger partial charge in [0.25, 0.3) is 5.91 Å². The lowest BCUT2D eigenvalue weighted by Gasteiger charge is -2.42. The first-order chi connectivity index (χ1) is 27.5. The molecule has 4 amide bonds. The number of hydrogen-bond acceptors (Lipinski definition) is 9. The molecule has 0 radical (unpaired) electrons. The minimum atomic E-state index is -4.76. The number of piperazine rings is 1. The second-order valence-corrected chi connectivity index (χ2v) is 15.5. The molecule has 0 spiro atoms. The molecule has 19 heteroatoms. The molecule has 4 heterocycles. The molecule has 3 fully saturated rings. The Bertz CT molecular complexity index is 1780. The van der Waals surface area contributed by atoms with Crippen molar-refractivity contribution in [1.82, 2.24) is 24.5 Å². The summed E-state index contributed by atoms with van der Waals surface area (Å²) in [4.78, 5) is 69.6. The molecular formula is C40H55ClF3N7O8. The van der Waals surface area contributed by atoms with Crippen LogP contribution >= 0.6 is 11.6 Å². The predicted molar refractivity (Wildman–Crippen MR) is 215 cm³/mol. The van der Waals surface area contributed by atoms with Crippen molar-refractivity contribution in [2.24, 2.45) is 0 Å². The average Bonchev–Trinajstić information content (AvgIpc) is 3.36. The number of halogens is 4. The highest BCUT2D eigenvalue weighted by Crippen LogP contribution is 2.38. The topological polar surface area (TPSA) is 189 Å². The van der Waals surface area contributed by atoms with E-state index >= 15 is 0 Å². The van der Waals surface area contributed by atoms with Crippen LogP contribution in [0, 0.1) is 0 Å². The fraction of sp³-hybridized carbons (Fsp3) is 0.575. The summed E-state index contributed by atoms with van der Waals surface area (Å²) in [6.45, 7) is 5.93. The van der Waals surface area contributed by atoms with Gasteiger partial charge in [0.05, 0.1) is 29.1 Å². The number of carbonyl (C=O) groups excluding carboxylic acids is 3. The molecule has 59 heavy (non-hydrogen) atoms. The van der Waals surface area contributed by atoms with Crippen molar-refractivity contribution in [2.75, 3.05) is 77.0 Å². The van der Waals surface area contributed by atoms with Gasteiger partial charge >= 0.3 is 30.2 Å². The molecule has 15 nitrogen and oxygen atoms in total. The molecule has 4 aliphatic rings. The quantitative estimate of drug-likeness (QED) is 0.238. The van der Waals surface area contributed by atoms with Crippen LogP contribution in [0.2, 0.25) is 5.02 Å². The second-order valence-electron chi connectivity index (χ2n) is 15.0. The maximum Gasteiger partial charge on any atom is 0.418 e. The normalized spacial score (nSPS) is 18.9. The van der Waals surface area contributed by atoms with Gasteiger partial charge in [-0.3, -0.25) is 19.3 Å². The van der Waals surface area contributed by atoms with Crippen molar-refractivity contribution < 1.29 is 52.1 Å². The number of nitrogens with one attached hydrogen (secondary N) is 1. The van der Waals surface area contributed by atoms with Gasteiger partial charge in [-0.2, -0.15) is 13.2 Å². The van der Waals surface area contributed by atoms with Gasteiger partial charge < -0.3 is 45.6 Å². The van der Waals surface area contributed by atoms with Crippen molar-refractivity contribution >= 4 is 52.9 Å². The van der Waals surface area contributed by atoms with Gasteiger partial charge in [-0.15, -0.1) is 0 Å². The van der Waals surface area contributed by atoms with Crippen molar-refractivity contribution in [1.29, 1.82) is 0 Å². The van der Waals surface area contributed by atoms with Gasteiger partial charge in [-0.1, -0.05) is 37.2 Å². The van der Waals surface area contributed by atoms with E-state index in [4.69, 9.17) is 32.3 Å². The third-order valence-corrected chi connectivity index (χ3v) is 11.4. The Morgan fingerprint density at radius 3 is 2.05 bits per heavy atom. The highest BCUT2D eigenvalue weighted by atomic mass is 35.5. The Balaban J connectivity index is 0.000000775. The maximum atomic E-state index is 14.0. The Morgan fingerprint density at radius 2 is 1.46 bits per heavy atom. The number of alkyl halides is 3. The fourth-order valence-corrected chi connectivity index (χ4v) is 8.01. The number of ether oxygens (including phenoxy) is 1. The summed E-state index contributed by atoms with van der Waals surface area (Å²) < 4.78 is 47.3. The van der Waals surface area contributed by atoms with Gasteiger partial charge in [0.2, 0.25) is 0 Å². The number of anilines is 2. The standard InChI is InChI=1S/C35H45ClF3N7O4.C4H6O4.CH4/c1-42-16-18-43(19-17-42)25-7-11-44(12-8-25)32(47)30(22-23-20-27(35(37,38)39)31(40)28(36)21-23)50-34(49)45-13-9-26(10-14-45)46-15-6-24-4-2-3-5-29(24)41-33(46)48;5-3(6)1-2-4(7)8;/h2-5,20-21,25-26,30H,6-19,22,40H2,1H3,(H,41,48);1-2H2,(H,5,6)(H,7,8);1H4/t30-;;/m1../s1. The highest BCUT2D eigenvalue weighted by Gasteiger charge is 2.38. The number of likely N-dealkylation sites (tertiary alicyclic amines) is 2. The number of piperidine rings is 2. The largest absolute Gasteiger partial charge is 0.481 e. The number of benzene rings is 2. The van der Waals surface area contributed by atoms with Gasteiger partial charge in [0, 0.05) is 83.1 Å². The fourth-order valence-electron chi connectivity index (χ4n) is 7.77. The zero-order chi connectivity index (χ0) is 42.1. The summed E-state index contributed by atoms with van der Waals surface area (Å²) >= 11 is 6.11. The number of likely N-dealkylation sites (N-methyl/N-ethyl adjacent to an activating group) is 1. The number of hydrogen-bond donors (Lipinski definition) is 4. The lowest BCUT2D eigenvalue weighted by Crippen LogP contribution is -2.54. The van der Waals surface area contributed by atoms with Crippen LogP contribution in [0.3, 0.4) is 0 Å². The monoisotopic (exact) mass is 853 g/mol. The summed E-state index contributed by atoms with van der Waals surface area (Å²) in [5.41, 5.74) is 5.90. The number of carbonyl (C=O) groups is 5. The van der Waals surface area contributed by atoms with Crippen LogP contribution in [0.4, 0.5) is 34.1 Å². The van der Waals surface area contributed by atoms with Crippen molar-refractivity contribution in [2.45, 2.75) is 83.2 Å². The SMILES string of the molecule is C.CN1CCN(C2CCN(C(=O)[C@@H](Cc3cc(Cl)c(N)c(C(F)(F)F)c3)OC(=O)N3CCC(N4CCc5ccccc5NC4=O)CC3)CC2)CC1.O=C(O)CCC(=O)O.